The van der Waals surface area contributed by atoms with Crippen LogP contribution in [0.1, 0.15) is 15.9 Å². The smallest absolute Gasteiger partial charge is 0.255 e. The second kappa shape index (κ2) is 8.31. The number of carbonyl (C=O) groups is 1. The van der Waals surface area contributed by atoms with Gasteiger partial charge in [0, 0.05) is 41.1 Å². The van der Waals surface area contributed by atoms with Crippen molar-refractivity contribution in [3.63, 3.8) is 0 Å². The lowest BCUT2D eigenvalue weighted by Gasteiger charge is -2.11. The van der Waals surface area contributed by atoms with Crippen LogP contribution in [0.15, 0.2) is 85.3 Å². The van der Waals surface area contributed by atoms with Crippen molar-refractivity contribution in [1.29, 1.82) is 0 Å². The molecule has 6 heteroatoms. The van der Waals surface area contributed by atoms with Crippen molar-refractivity contribution in [2.75, 3.05) is 10.6 Å². The summed E-state index contributed by atoms with van der Waals surface area (Å²) in [5.74, 6) is 0.314. The number of carbonyl (C=O) groups excluding carboxylic acids is 1. The van der Waals surface area contributed by atoms with E-state index >= 15 is 0 Å². The highest BCUT2D eigenvalue weighted by Gasteiger charge is 2.08. The fourth-order valence-electron chi connectivity index (χ4n) is 2.94. The number of pyridine rings is 1. The summed E-state index contributed by atoms with van der Waals surface area (Å²) in [6.45, 7) is 1.97. The van der Waals surface area contributed by atoms with Crippen molar-refractivity contribution in [3.8, 4) is 11.3 Å². The maximum Gasteiger partial charge on any atom is 0.255 e. The van der Waals surface area contributed by atoms with Crippen LogP contribution in [-0.2, 0) is 0 Å². The van der Waals surface area contributed by atoms with Gasteiger partial charge in [-0.15, -0.1) is 0 Å². The molecule has 0 aliphatic carbocycles. The predicted octanol–water partition coefficient (Wildman–Crippen LogP) is 4.84. The fraction of sp³-hybridized carbons (Fsp3) is 0.0435. The van der Waals surface area contributed by atoms with E-state index in [9.17, 15) is 4.79 Å². The number of hydrogen-bond acceptors (Lipinski definition) is 5. The summed E-state index contributed by atoms with van der Waals surface area (Å²) < 4.78 is 0. The third kappa shape index (κ3) is 4.62. The Morgan fingerprint density at radius 3 is 2.52 bits per heavy atom. The van der Waals surface area contributed by atoms with E-state index in [0.717, 1.165) is 22.5 Å². The number of benzene rings is 2. The molecular weight excluding hydrogens is 362 g/mol. The zero-order valence-electron chi connectivity index (χ0n) is 15.8. The van der Waals surface area contributed by atoms with Crippen molar-refractivity contribution in [3.05, 3.63) is 96.4 Å². The average molecular weight is 381 g/mol. The molecule has 0 unspecified atom stereocenters. The number of anilines is 3. The molecule has 0 radical (unpaired) electrons. The Morgan fingerprint density at radius 2 is 1.72 bits per heavy atom. The molecule has 0 spiro atoms. The molecule has 0 saturated heterocycles. The van der Waals surface area contributed by atoms with Gasteiger partial charge in [-0.3, -0.25) is 9.78 Å². The first kappa shape index (κ1) is 18.3. The molecule has 2 heterocycles. The van der Waals surface area contributed by atoms with E-state index in [-0.39, 0.29) is 5.91 Å². The van der Waals surface area contributed by atoms with Crippen LogP contribution in [0.2, 0.25) is 0 Å². The number of hydrogen-bond donors (Lipinski definition) is 2. The first-order valence-electron chi connectivity index (χ1n) is 9.16. The molecule has 0 bridgehead atoms. The fourth-order valence-corrected chi connectivity index (χ4v) is 2.94. The van der Waals surface area contributed by atoms with Crippen LogP contribution < -0.4 is 10.6 Å². The van der Waals surface area contributed by atoms with Crippen molar-refractivity contribution < 1.29 is 4.79 Å². The molecule has 0 fully saturated rings. The van der Waals surface area contributed by atoms with Gasteiger partial charge in [-0.05, 0) is 61.0 Å². The van der Waals surface area contributed by atoms with Crippen LogP contribution in [0.25, 0.3) is 11.3 Å². The van der Waals surface area contributed by atoms with Gasteiger partial charge in [0.05, 0.1) is 5.69 Å². The average Bonchev–Trinajstić information content (AvgIpc) is 2.75. The van der Waals surface area contributed by atoms with Crippen molar-refractivity contribution in [2.45, 2.75) is 6.92 Å². The van der Waals surface area contributed by atoms with Gasteiger partial charge in [0.1, 0.15) is 0 Å². The Balaban J connectivity index is 1.55. The summed E-state index contributed by atoms with van der Waals surface area (Å²) >= 11 is 0. The highest BCUT2D eigenvalue weighted by atomic mass is 16.1. The summed E-state index contributed by atoms with van der Waals surface area (Å²) in [6.07, 6.45) is 5.18. The Bertz CT molecular complexity index is 1130. The molecule has 142 valence electrons. The first-order valence-corrected chi connectivity index (χ1v) is 9.16. The molecule has 2 aromatic carbocycles. The third-order valence-electron chi connectivity index (χ3n) is 4.24. The van der Waals surface area contributed by atoms with Crippen LogP contribution >= 0.6 is 0 Å². The monoisotopic (exact) mass is 381 g/mol. The van der Waals surface area contributed by atoms with Crippen molar-refractivity contribution in [2.24, 2.45) is 0 Å². The molecule has 29 heavy (non-hydrogen) atoms. The maximum atomic E-state index is 12.4. The minimum Gasteiger partial charge on any atom is -0.324 e. The van der Waals surface area contributed by atoms with E-state index in [0.29, 0.717) is 17.2 Å². The highest BCUT2D eigenvalue weighted by Crippen LogP contribution is 2.23. The van der Waals surface area contributed by atoms with Gasteiger partial charge < -0.3 is 10.6 Å². The zero-order valence-corrected chi connectivity index (χ0v) is 15.8. The van der Waals surface area contributed by atoms with Gasteiger partial charge in [0.15, 0.2) is 0 Å². The van der Waals surface area contributed by atoms with E-state index in [1.165, 1.54) is 0 Å². The zero-order chi connectivity index (χ0) is 20.1. The Morgan fingerprint density at radius 1 is 0.897 bits per heavy atom. The van der Waals surface area contributed by atoms with E-state index in [1.807, 2.05) is 61.5 Å². The van der Waals surface area contributed by atoms with Crippen molar-refractivity contribution in [1.82, 2.24) is 15.0 Å². The molecule has 2 aromatic heterocycles. The number of aromatic nitrogens is 3. The Hall–Kier alpha value is -4.06. The molecule has 4 aromatic rings. The molecule has 0 aliphatic heterocycles. The van der Waals surface area contributed by atoms with Crippen LogP contribution in [-0.4, -0.2) is 20.9 Å². The maximum absolute atomic E-state index is 12.4. The molecule has 2 N–H and O–H groups in total. The minimum absolute atomic E-state index is 0.156. The van der Waals surface area contributed by atoms with E-state index in [2.05, 4.69) is 25.6 Å². The normalized spacial score (nSPS) is 10.4. The number of amides is 1. The molecule has 4 rings (SSSR count). The highest BCUT2D eigenvalue weighted by molar-refractivity contribution is 6.04. The van der Waals surface area contributed by atoms with Crippen LogP contribution in [0, 0.1) is 6.92 Å². The largest absolute Gasteiger partial charge is 0.324 e. The quantitative estimate of drug-likeness (QED) is 0.517. The predicted molar refractivity (Wildman–Crippen MR) is 114 cm³/mol. The number of aryl methyl sites for hydroxylation is 1. The van der Waals surface area contributed by atoms with Gasteiger partial charge >= 0.3 is 0 Å². The lowest BCUT2D eigenvalue weighted by Crippen LogP contribution is -2.12. The van der Waals surface area contributed by atoms with E-state index in [4.69, 9.17) is 0 Å². The van der Waals surface area contributed by atoms with Gasteiger partial charge in [0.25, 0.3) is 5.91 Å². The topological polar surface area (TPSA) is 79.8 Å². The molecule has 0 aliphatic rings. The molecule has 0 saturated carbocycles. The molecular formula is C23H19N5O. The summed E-state index contributed by atoms with van der Waals surface area (Å²) in [4.78, 5) is 25.4. The number of nitrogens with zero attached hydrogens (tertiary/aromatic N) is 3. The van der Waals surface area contributed by atoms with Crippen LogP contribution in [0.5, 0.6) is 0 Å². The summed E-state index contributed by atoms with van der Waals surface area (Å²) in [6, 6.07) is 20.5. The number of rotatable bonds is 5. The van der Waals surface area contributed by atoms with Crippen molar-refractivity contribution >= 4 is 23.2 Å². The van der Waals surface area contributed by atoms with Gasteiger partial charge in [-0.1, -0.05) is 18.2 Å². The summed E-state index contributed by atoms with van der Waals surface area (Å²) in [5, 5.41) is 6.15. The van der Waals surface area contributed by atoms with Gasteiger partial charge in [0.2, 0.25) is 5.95 Å². The Labute approximate surface area is 168 Å². The SMILES string of the molecule is Cc1cc(NC(=O)c2ccccc2)cc(Nc2nccc(-c3cccnc3)n2)c1. The van der Waals surface area contributed by atoms with E-state index in [1.54, 1.807) is 30.7 Å². The second-order valence-electron chi connectivity index (χ2n) is 6.54. The van der Waals surface area contributed by atoms with Gasteiger partial charge in [-0.25, -0.2) is 9.97 Å². The van der Waals surface area contributed by atoms with Crippen LogP contribution in [0.4, 0.5) is 17.3 Å². The standard InChI is InChI=1S/C23H19N5O/c1-16-12-19(26-22(29)17-6-3-2-4-7-17)14-20(13-16)27-23-25-11-9-21(28-23)18-8-5-10-24-15-18/h2-15H,1H3,(H,26,29)(H,25,27,28). The lowest BCUT2D eigenvalue weighted by atomic mass is 10.1. The summed E-state index contributed by atoms with van der Waals surface area (Å²) in [5.41, 5.74) is 4.79. The Kier molecular flexibility index (Phi) is 5.25. The van der Waals surface area contributed by atoms with Crippen LogP contribution in [0.3, 0.4) is 0 Å². The van der Waals surface area contributed by atoms with E-state index < -0.39 is 0 Å². The second-order valence-corrected chi connectivity index (χ2v) is 6.54. The first-order chi connectivity index (χ1) is 14.2. The minimum atomic E-state index is -0.156. The lowest BCUT2D eigenvalue weighted by molar-refractivity contribution is 0.102. The van der Waals surface area contributed by atoms with Gasteiger partial charge in [-0.2, -0.15) is 0 Å². The summed E-state index contributed by atoms with van der Waals surface area (Å²) in [7, 11) is 0. The number of nitrogens with one attached hydrogen (secondary N) is 2. The third-order valence-corrected chi connectivity index (χ3v) is 4.24. The molecule has 0 atom stereocenters. The molecule has 1 amide bonds. The molecule has 6 nitrogen and oxygen atoms in total.